The molecule has 0 aromatic heterocycles. The predicted octanol–water partition coefficient (Wildman–Crippen LogP) is 2.16. The van der Waals surface area contributed by atoms with E-state index in [1.807, 2.05) is 44.2 Å². The van der Waals surface area contributed by atoms with E-state index in [1.54, 1.807) is 0 Å². The van der Waals surface area contributed by atoms with Gasteiger partial charge in [0.15, 0.2) is 0 Å². The van der Waals surface area contributed by atoms with E-state index < -0.39 is 6.10 Å². The first-order valence-corrected chi connectivity index (χ1v) is 5.72. The summed E-state index contributed by atoms with van der Waals surface area (Å²) < 4.78 is 10.8. The number of rotatable bonds is 7. The maximum absolute atomic E-state index is 9.97. The maximum Gasteiger partial charge on any atom is 0.111 e. The first-order valence-electron chi connectivity index (χ1n) is 5.72. The number of benzene rings is 1. The van der Waals surface area contributed by atoms with Crippen molar-refractivity contribution < 1.29 is 14.6 Å². The lowest BCUT2D eigenvalue weighted by atomic mass is 10.0. The Morgan fingerprint density at radius 3 is 2.38 bits per heavy atom. The van der Waals surface area contributed by atoms with Crippen LogP contribution < -0.4 is 0 Å². The summed E-state index contributed by atoms with van der Waals surface area (Å²) in [6.45, 7) is 5.30. The Morgan fingerprint density at radius 1 is 1.12 bits per heavy atom. The van der Waals surface area contributed by atoms with Gasteiger partial charge in [-0.15, -0.1) is 0 Å². The van der Waals surface area contributed by atoms with Crippen LogP contribution in [0.25, 0.3) is 0 Å². The fourth-order valence-electron chi connectivity index (χ4n) is 1.58. The minimum atomic E-state index is -0.623. The zero-order valence-electron chi connectivity index (χ0n) is 9.93. The van der Waals surface area contributed by atoms with Crippen LogP contribution in [0.3, 0.4) is 0 Å². The molecule has 0 spiro atoms. The summed E-state index contributed by atoms with van der Waals surface area (Å²) in [4.78, 5) is 0. The summed E-state index contributed by atoms with van der Waals surface area (Å²) in [6, 6.07) is 9.73. The molecule has 0 amide bonds. The monoisotopic (exact) mass is 224 g/mol. The van der Waals surface area contributed by atoms with Gasteiger partial charge in [0.2, 0.25) is 0 Å². The minimum absolute atomic E-state index is 0.302. The van der Waals surface area contributed by atoms with E-state index in [1.165, 1.54) is 0 Å². The predicted molar refractivity (Wildman–Crippen MR) is 63.3 cm³/mol. The molecule has 2 atom stereocenters. The normalized spacial score (nSPS) is 14.7. The third-order valence-corrected chi connectivity index (χ3v) is 2.32. The summed E-state index contributed by atoms with van der Waals surface area (Å²) in [5.41, 5.74) is 0.983. The highest BCUT2D eigenvalue weighted by atomic mass is 16.5. The highest BCUT2D eigenvalue weighted by molar-refractivity contribution is 5.18. The zero-order valence-corrected chi connectivity index (χ0v) is 9.93. The maximum atomic E-state index is 9.97. The number of hydrogen-bond acceptors (Lipinski definition) is 3. The number of hydrogen-bond donors (Lipinski definition) is 1. The smallest absolute Gasteiger partial charge is 0.111 e. The van der Waals surface area contributed by atoms with Gasteiger partial charge in [0.25, 0.3) is 0 Å². The van der Waals surface area contributed by atoms with Gasteiger partial charge < -0.3 is 14.6 Å². The lowest BCUT2D eigenvalue weighted by Crippen LogP contribution is -2.26. The molecule has 0 fully saturated rings. The van der Waals surface area contributed by atoms with Crippen molar-refractivity contribution in [3.8, 4) is 0 Å². The van der Waals surface area contributed by atoms with E-state index in [-0.39, 0.29) is 6.10 Å². The lowest BCUT2D eigenvalue weighted by Gasteiger charge is -2.23. The van der Waals surface area contributed by atoms with Crippen LogP contribution in [0, 0.1) is 0 Å². The first kappa shape index (κ1) is 13.2. The molecule has 3 nitrogen and oxygen atoms in total. The third-order valence-electron chi connectivity index (χ3n) is 2.32. The highest BCUT2D eigenvalue weighted by Gasteiger charge is 2.21. The van der Waals surface area contributed by atoms with E-state index in [0.29, 0.717) is 19.8 Å². The molecule has 0 saturated carbocycles. The topological polar surface area (TPSA) is 38.7 Å². The van der Waals surface area contributed by atoms with E-state index in [9.17, 15) is 5.11 Å². The van der Waals surface area contributed by atoms with Gasteiger partial charge in [-0.1, -0.05) is 30.3 Å². The second-order valence-electron chi connectivity index (χ2n) is 3.51. The van der Waals surface area contributed by atoms with Crippen LogP contribution in [-0.4, -0.2) is 31.0 Å². The van der Waals surface area contributed by atoms with Gasteiger partial charge >= 0.3 is 0 Å². The van der Waals surface area contributed by atoms with Gasteiger partial charge in [0.05, 0.1) is 6.61 Å². The van der Waals surface area contributed by atoms with Crippen LogP contribution >= 0.6 is 0 Å². The van der Waals surface area contributed by atoms with Crippen molar-refractivity contribution in [3.63, 3.8) is 0 Å². The molecule has 2 unspecified atom stereocenters. The van der Waals surface area contributed by atoms with Crippen molar-refractivity contribution >= 4 is 0 Å². The Labute approximate surface area is 97.0 Å². The molecule has 0 radical (unpaired) electrons. The van der Waals surface area contributed by atoms with Crippen molar-refractivity contribution in [3.05, 3.63) is 35.9 Å². The van der Waals surface area contributed by atoms with Crippen LogP contribution in [0.15, 0.2) is 30.3 Å². The summed E-state index contributed by atoms with van der Waals surface area (Å²) in [7, 11) is 0. The molecule has 1 aromatic rings. The third kappa shape index (κ3) is 3.93. The standard InChI is InChI=1S/C13H20O3/c1-3-15-10-12(14)13(16-4-2)11-8-6-5-7-9-11/h5-9,12-14H,3-4,10H2,1-2H3. The van der Waals surface area contributed by atoms with Crippen molar-refractivity contribution in [1.29, 1.82) is 0 Å². The largest absolute Gasteiger partial charge is 0.388 e. The quantitative estimate of drug-likeness (QED) is 0.771. The molecule has 0 aliphatic heterocycles. The average molecular weight is 224 g/mol. The van der Waals surface area contributed by atoms with Crippen molar-refractivity contribution in [1.82, 2.24) is 0 Å². The minimum Gasteiger partial charge on any atom is -0.388 e. The van der Waals surface area contributed by atoms with Crippen LogP contribution in [0.1, 0.15) is 25.5 Å². The molecule has 0 aliphatic rings. The Kier molecular flexibility index (Phi) is 6.08. The van der Waals surface area contributed by atoms with E-state index in [0.717, 1.165) is 5.56 Å². The summed E-state index contributed by atoms with van der Waals surface area (Å²) in [5.74, 6) is 0. The second-order valence-corrected chi connectivity index (χ2v) is 3.51. The summed E-state index contributed by atoms with van der Waals surface area (Å²) in [6.07, 6.45) is -0.931. The Hall–Kier alpha value is -0.900. The molecule has 3 heteroatoms. The Bertz CT molecular complexity index is 274. The molecule has 1 N–H and O–H groups in total. The highest BCUT2D eigenvalue weighted by Crippen LogP contribution is 2.21. The van der Waals surface area contributed by atoms with Crippen molar-refractivity contribution in [2.45, 2.75) is 26.1 Å². The van der Waals surface area contributed by atoms with E-state index in [4.69, 9.17) is 9.47 Å². The van der Waals surface area contributed by atoms with Gasteiger partial charge in [-0.3, -0.25) is 0 Å². The summed E-state index contributed by atoms with van der Waals surface area (Å²) in [5, 5.41) is 9.97. The molecule has 0 bridgehead atoms. The fraction of sp³-hybridized carbons (Fsp3) is 0.538. The fourth-order valence-corrected chi connectivity index (χ4v) is 1.58. The van der Waals surface area contributed by atoms with Crippen LogP contribution in [0.5, 0.6) is 0 Å². The molecule has 1 aromatic carbocycles. The van der Waals surface area contributed by atoms with Gasteiger partial charge in [-0.05, 0) is 19.4 Å². The SMILES string of the molecule is CCOCC(O)C(OCC)c1ccccc1. The van der Waals surface area contributed by atoms with E-state index >= 15 is 0 Å². The number of ether oxygens (including phenoxy) is 2. The molecule has 0 aliphatic carbocycles. The van der Waals surface area contributed by atoms with Gasteiger partial charge in [-0.25, -0.2) is 0 Å². The Balaban J connectivity index is 2.66. The number of aliphatic hydroxyl groups excluding tert-OH is 1. The molecule has 1 rings (SSSR count). The lowest BCUT2D eigenvalue weighted by molar-refractivity contribution is -0.0694. The van der Waals surface area contributed by atoms with Gasteiger partial charge in [0.1, 0.15) is 12.2 Å². The van der Waals surface area contributed by atoms with E-state index in [2.05, 4.69) is 0 Å². The molecule has 16 heavy (non-hydrogen) atoms. The molecule has 0 saturated heterocycles. The average Bonchev–Trinajstić information content (AvgIpc) is 2.34. The molecular weight excluding hydrogens is 204 g/mol. The van der Waals surface area contributed by atoms with Crippen LogP contribution in [-0.2, 0) is 9.47 Å². The van der Waals surface area contributed by atoms with Gasteiger partial charge in [-0.2, -0.15) is 0 Å². The van der Waals surface area contributed by atoms with Gasteiger partial charge in [0, 0.05) is 13.2 Å². The Morgan fingerprint density at radius 2 is 1.81 bits per heavy atom. The zero-order chi connectivity index (χ0) is 11.8. The second kappa shape index (κ2) is 7.39. The number of aliphatic hydroxyl groups is 1. The molecular formula is C13H20O3. The van der Waals surface area contributed by atoms with Crippen molar-refractivity contribution in [2.75, 3.05) is 19.8 Å². The van der Waals surface area contributed by atoms with Crippen LogP contribution in [0.2, 0.25) is 0 Å². The molecule has 0 heterocycles. The molecule has 90 valence electrons. The summed E-state index contributed by atoms with van der Waals surface area (Å²) >= 11 is 0. The first-order chi connectivity index (χ1) is 7.79. The van der Waals surface area contributed by atoms with Crippen molar-refractivity contribution in [2.24, 2.45) is 0 Å². The van der Waals surface area contributed by atoms with Crippen LogP contribution in [0.4, 0.5) is 0 Å².